The number of halogens is 3. The normalized spacial score (nSPS) is 27.3. The first-order valence-electron chi connectivity index (χ1n) is 10.0. The fourth-order valence-electron chi connectivity index (χ4n) is 5.10. The molecule has 9 heteroatoms. The summed E-state index contributed by atoms with van der Waals surface area (Å²) < 4.78 is 43.5. The molecule has 2 aromatic rings. The summed E-state index contributed by atoms with van der Waals surface area (Å²) in [7, 11) is 0. The van der Waals surface area contributed by atoms with Gasteiger partial charge in [0.25, 0.3) is 5.91 Å². The second kappa shape index (κ2) is 6.57. The number of hydrogen-bond acceptors (Lipinski definition) is 5. The van der Waals surface area contributed by atoms with Gasteiger partial charge in [0.05, 0.1) is 15.3 Å². The number of rotatable bonds is 3. The lowest BCUT2D eigenvalue weighted by atomic mass is 10.1. The van der Waals surface area contributed by atoms with Crippen LogP contribution >= 0.6 is 11.3 Å². The Morgan fingerprint density at radius 3 is 2.69 bits per heavy atom. The molecule has 5 nitrogen and oxygen atoms in total. The van der Waals surface area contributed by atoms with Gasteiger partial charge in [0, 0.05) is 18.2 Å². The van der Waals surface area contributed by atoms with Crippen LogP contribution in [0.25, 0.3) is 10.6 Å². The van der Waals surface area contributed by atoms with Crippen molar-refractivity contribution in [1.82, 2.24) is 15.0 Å². The third-order valence-electron chi connectivity index (χ3n) is 6.59. The molecule has 0 unspecified atom stereocenters. The van der Waals surface area contributed by atoms with E-state index in [-0.39, 0.29) is 22.7 Å². The Labute approximate surface area is 170 Å². The van der Waals surface area contributed by atoms with Crippen molar-refractivity contribution in [3.63, 3.8) is 0 Å². The van der Waals surface area contributed by atoms with Gasteiger partial charge in [-0.05, 0) is 64.3 Å². The first-order valence-corrected chi connectivity index (χ1v) is 10.8. The molecule has 3 fully saturated rings. The third-order valence-corrected chi connectivity index (χ3v) is 7.67. The Bertz CT molecular complexity index is 947. The van der Waals surface area contributed by atoms with Gasteiger partial charge in [-0.1, -0.05) is 5.16 Å². The monoisotopic (exact) mass is 425 g/mol. The van der Waals surface area contributed by atoms with E-state index in [4.69, 9.17) is 0 Å². The van der Waals surface area contributed by atoms with Crippen molar-refractivity contribution in [2.45, 2.75) is 56.8 Å². The fourth-order valence-corrected chi connectivity index (χ4v) is 6.10. The van der Waals surface area contributed by atoms with E-state index in [9.17, 15) is 18.0 Å². The smallest absolute Gasteiger partial charge is 0.351 e. The van der Waals surface area contributed by atoms with Gasteiger partial charge in [0.2, 0.25) is 5.76 Å². The van der Waals surface area contributed by atoms with Gasteiger partial charge in [0.1, 0.15) is 5.69 Å². The topological polar surface area (TPSA) is 49.6 Å². The summed E-state index contributed by atoms with van der Waals surface area (Å²) in [6, 6.07) is 3.82. The van der Waals surface area contributed by atoms with E-state index in [1.54, 1.807) is 12.1 Å². The molecule has 156 valence electrons. The number of aromatic nitrogens is 1. The standard InChI is InChI=1S/C20H22F3N3O2S/c1-12-16(24-28-17(12)20(21,22)23)13-5-6-14(29-13)18(27)26-10-4-7-19(26)11-15(19)25-8-2-3-9-25/h5-6,15H,2-4,7-11H2,1H3/t15-,19-/m0/s1. The number of carbonyl (C=O) groups excluding carboxylic acids is 1. The molecule has 0 N–H and O–H groups in total. The van der Waals surface area contributed by atoms with Crippen molar-refractivity contribution in [3.05, 3.63) is 28.3 Å². The number of nitrogens with zero attached hydrogens (tertiary/aromatic N) is 3. The van der Waals surface area contributed by atoms with Crippen molar-refractivity contribution >= 4 is 17.2 Å². The number of likely N-dealkylation sites (tertiary alicyclic amines) is 2. The largest absolute Gasteiger partial charge is 0.452 e. The van der Waals surface area contributed by atoms with Crippen LogP contribution in [0, 0.1) is 6.92 Å². The van der Waals surface area contributed by atoms with Crippen molar-refractivity contribution in [2.75, 3.05) is 19.6 Å². The van der Waals surface area contributed by atoms with Gasteiger partial charge in [-0.15, -0.1) is 11.3 Å². The lowest BCUT2D eigenvalue weighted by Crippen LogP contribution is -2.42. The van der Waals surface area contributed by atoms with Gasteiger partial charge in [-0.3, -0.25) is 9.69 Å². The van der Waals surface area contributed by atoms with Crippen LogP contribution in [0.4, 0.5) is 13.2 Å². The van der Waals surface area contributed by atoms with Gasteiger partial charge in [-0.2, -0.15) is 13.2 Å². The highest BCUT2D eigenvalue weighted by atomic mass is 32.1. The summed E-state index contributed by atoms with van der Waals surface area (Å²) in [6.07, 6.45) is 0.955. The lowest BCUT2D eigenvalue weighted by Gasteiger charge is -2.28. The molecule has 1 saturated carbocycles. The second-order valence-corrected chi connectivity index (χ2v) is 9.36. The third kappa shape index (κ3) is 3.01. The van der Waals surface area contributed by atoms with Crippen LogP contribution in [-0.4, -0.2) is 52.1 Å². The highest BCUT2D eigenvalue weighted by Gasteiger charge is 2.63. The van der Waals surface area contributed by atoms with Gasteiger partial charge >= 0.3 is 6.18 Å². The SMILES string of the molecule is Cc1c(-c2ccc(C(=O)N3CCC[C@@]34C[C@@H]4N3CCCC3)s2)noc1C(F)(F)F. The zero-order valence-electron chi connectivity index (χ0n) is 16.1. The van der Waals surface area contributed by atoms with Crippen LogP contribution in [0.2, 0.25) is 0 Å². The van der Waals surface area contributed by atoms with E-state index in [0.29, 0.717) is 15.8 Å². The summed E-state index contributed by atoms with van der Waals surface area (Å²) in [6.45, 7) is 4.32. The minimum Gasteiger partial charge on any atom is -0.351 e. The van der Waals surface area contributed by atoms with E-state index in [1.807, 2.05) is 4.90 Å². The van der Waals surface area contributed by atoms with E-state index in [0.717, 1.165) is 38.9 Å². The maximum Gasteiger partial charge on any atom is 0.452 e. The molecular formula is C20H22F3N3O2S. The van der Waals surface area contributed by atoms with Gasteiger partial charge in [0.15, 0.2) is 0 Å². The van der Waals surface area contributed by atoms with Crippen molar-refractivity contribution in [2.24, 2.45) is 0 Å². The Hall–Kier alpha value is -1.87. The van der Waals surface area contributed by atoms with Gasteiger partial charge in [-0.25, -0.2) is 0 Å². The molecule has 2 atom stereocenters. The Balaban J connectivity index is 1.37. The van der Waals surface area contributed by atoms with Crippen molar-refractivity contribution < 1.29 is 22.5 Å². The molecule has 4 heterocycles. The highest BCUT2D eigenvalue weighted by Crippen LogP contribution is 2.54. The van der Waals surface area contributed by atoms with E-state index >= 15 is 0 Å². The molecule has 1 spiro atoms. The van der Waals surface area contributed by atoms with Crippen LogP contribution in [0.5, 0.6) is 0 Å². The second-order valence-electron chi connectivity index (χ2n) is 8.27. The number of alkyl halides is 3. The average molecular weight is 425 g/mol. The predicted molar refractivity (Wildman–Crippen MR) is 102 cm³/mol. The Morgan fingerprint density at radius 2 is 2.00 bits per heavy atom. The van der Waals surface area contributed by atoms with Crippen LogP contribution in [0.1, 0.15) is 53.1 Å². The summed E-state index contributed by atoms with van der Waals surface area (Å²) in [5, 5.41) is 3.61. The summed E-state index contributed by atoms with van der Waals surface area (Å²) in [4.78, 5) is 18.8. The van der Waals surface area contributed by atoms with Crippen molar-refractivity contribution in [3.8, 4) is 10.6 Å². The molecule has 2 aliphatic heterocycles. The van der Waals surface area contributed by atoms with E-state index in [1.165, 1.54) is 31.1 Å². The highest BCUT2D eigenvalue weighted by molar-refractivity contribution is 7.17. The summed E-state index contributed by atoms with van der Waals surface area (Å²) >= 11 is 1.19. The molecule has 3 aliphatic rings. The molecule has 0 aromatic carbocycles. The number of thiophene rings is 1. The minimum absolute atomic E-state index is 0.0161. The summed E-state index contributed by atoms with van der Waals surface area (Å²) in [5.41, 5.74) is 0.0601. The molecule has 5 rings (SSSR count). The molecule has 0 radical (unpaired) electrons. The number of hydrogen-bond donors (Lipinski definition) is 0. The lowest BCUT2D eigenvalue weighted by molar-refractivity contribution is -0.156. The van der Waals surface area contributed by atoms with E-state index < -0.39 is 11.9 Å². The van der Waals surface area contributed by atoms with Crippen LogP contribution in [0.15, 0.2) is 16.7 Å². The molecule has 2 aromatic heterocycles. The molecule has 29 heavy (non-hydrogen) atoms. The molecule has 1 amide bonds. The number of amides is 1. The molecule has 0 bridgehead atoms. The Morgan fingerprint density at radius 1 is 1.24 bits per heavy atom. The van der Waals surface area contributed by atoms with E-state index in [2.05, 4.69) is 14.6 Å². The van der Waals surface area contributed by atoms with Crippen LogP contribution in [-0.2, 0) is 6.18 Å². The molecule has 2 saturated heterocycles. The van der Waals surface area contributed by atoms with Crippen LogP contribution < -0.4 is 0 Å². The maximum absolute atomic E-state index is 13.3. The van der Waals surface area contributed by atoms with Crippen molar-refractivity contribution in [1.29, 1.82) is 0 Å². The Kier molecular flexibility index (Phi) is 4.33. The zero-order chi connectivity index (χ0) is 20.4. The van der Waals surface area contributed by atoms with Gasteiger partial charge < -0.3 is 9.42 Å². The number of carbonyl (C=O) groups is 1. The maximum atomic E-state index is 13.3. The minimum atomic E-state index is -4.58. The molecular weight excluding hydrogens is 403 g/mol. The summed E-state index contributed by atoms with van der Waals surface area (Å²) in [5.74, 6) is -1.10. The fraction of sp³-hybridized carbons (Fsp3) is 0.600. The first-order chi connectivity index (χ1) is 13.8. The molecule has 1 aliphatic carbocycles. The average Bonchev–Trinajstić information content (AvgIpc) is 3.23. The zero-order valence-corrected chi connectivity index (χ0v) is 16.9. The predicted octanol–water partition coefficient (Wildman–Crippen LogP) is 4.57. The van der Waals surface area contributed by atoms with Crippen LogP contribution in [0.3, 0.4) is 0 Å². The first kappa shape index (κ1) is 19.1. The quantitative estimate of drug-likeness (QED) is 0.723.